The highest BCUT2D eigenvalue weighted by molar-refractivity contribution is 6.14. The molecule has 5 aromatic heterocycles. The number of hydrogen-bond donors (Lipinski definition) is 1. The molecular weight excluding hydrogens is 783 g/mol. The maximum absolute atomic E-state index is 5.41. The number of rotatable bonds is 5. The van der Waals surface area contributed by atoms with Crippen molar-refractivity contribution in [2.75, 3.05) is 6.54 Å². The third-order valence-electron chi connectivity index (χ3n) is 13.2. The molecule has 1 N–H and O–H groups in total. The van der Waals surface area contributed by atoms with Gasteiger partial charge in [0.05, 0.1) is 44.1 Å². The first kappa shape index (κ1) is 35.0. The molecule has 64 heavy (non-hydrogen) atoms. The van der Waals surface area contributed by atoms with Gasteiger partial charge in [-0.3, -0.25) is 9.13 Å². The molecule has 6 heterocycles. The van der Waals surface area contributed by atoms with Crippen LogP contribution in [0.3, 0.4) is 0 Å². The lowest BCUT2D eigenvalue weighted by Crippen LogP contribution is -2.12. The molecule has 0 saturated carbocycles. The van der Waals surface area contributed by atoms with Gasteiger partial charge >= 0.3 is 0 Å². The van der Waals surface area contributed by atoms with E-state index in [1.165, 1.54) is 43.6 Å². The molecule has 0 bridgehead atoms. The van der Waals surface area contributed by atoms with Gasteiger partial charge in [0.2, 0.25) is 0 Å². The van der Waals surface area contributed by atoms with Crippen molar-refractivity contribution in [1.29, 1.82) is 0 Å². The first-order valence-electron chi connectivity index (χ1n) is 21.8. The summed E-state index contributed by atoms with van der Waals surface area (Å²) in [7, 11) is 0. The molecule has 0 unspecified atom stereocenters. The van der Waals surface area contributed by atoms with Gasteiger partial charge in [-0.15, -0.1) is 0 Å². The minimum absolute atomic E-state index is 0.672. The second-order valence-electron chi connectivity index (χ2n) is 16.7. The summed E-state index contributed by atoms with van der Waals surface area (Å²) in [6.07, 6.45) is 6.22. The Hall–Kier alpha value is -8.68. The largest absolute Gasteiger partial charge is 0.387 e. The molecule has 14 rings (SSSR count). The standard InChI is InChI=1S/C57H37N7/c1-7-19-47-39(13-1)40-14-2-8-20-48(40)61(47)37-25-27-53-45(33-37)43-17-5-11-23-51(43)63(53)55-35-56(60-57(59-55)36-29-31-58-32-30-36)64-52-24-12-6-18-44(52)46-34-38(26-28-54(46)64)62-49-21-9-3-15-41(49)42-16-4-10-22-50(42)62/h1-31,33-35,58H,32H2. The number of dihydropyridines is 1. The molecule has 1 aliphatic rings. The lowest BCUT2D eigenvalue weighted by molar-refractivity contribution is 0.948. The highest BCUT2D eigenvalue weighted by Crippen LogP contribution is 2.40. The number of nitrogens with one attached hydrogen (secondary N) is 1. The molecule has 8 aromatic carbocycles. The Morgan fingerprint density at radius 1 is 0.344 bits per heavy atom. The fraction of sp³-hybridized carbons (Fsp3) is 0.0175. The molecule has 300 valence electrons. The number of aromatic nitrogens is 6. The SMILES string of the molecule is C1=CC(c2nc(-n3c4ccccc4c4cc(-n5c6ccccc6c6ccccc65)ccc43)cc(-n3c4ccccc4c4cc(-n5c6ccccc6c6ccccc65)ccc43)n2)=CCN1. The zero-order valence-corrected chi connectivity index (χ0v) is 34.5. The minimum atomic E-state index is 0.672. The molecule has 0 fully saturated rings. The summed E-state index contributed by atoms with van der Waals surface area (Å²) in [5, 5.41) is 12.9. The second-order valence-corrected chi connectivity index (χ2v) is 16.7. The number of hydrogen-bond acceptors (Lipinski definition) is 3. The summed E-state index contributed by atoms with van der Waals surface area (Å²) in [6, 6.07) is 68.0. The molecule has 1 aliphatic heterocycles. The topological polar surface area (TPSA) is 57.5 Å². The quantitative estimate of drug-likeness (QED) is 0.188. The van der Waals surface area contributed by atoms with Crippen molar-refractivity contribution in [2.45, 2.75) is 0 Å². The first-order valence-corrected chi connectivity index (χ1v) is 21.8. The summed E-state index contributed by atoms with van der Waals surface area (Å²) in [5.74, 6) is 2.28. The molecule has 0 aliphatic carbocycles. The van der Waals surface area contributed by atoms with E-state index in [1.807, 2.05) is 6.20 Å². The lowest BCUT2D eigenvalue weighted by Gasteiger charge is -2.15. The monoisotopic (exact) mass is 819 g/mol. The van der Waals surface area contributed by atoms with Crippen molar-refractivity contribution < 1.29 is 0 Å². The smallest absolute Gasteiger partial charge is 0.163 e. The molecule has 0 radical (unpaired) electrons. The van der Waals surface area contributed by atoms with Crippen LogP contribution < -0.4 is 5.32 Å². The van der Waals surface area contributed by atoms with E-state index < -0.39 is 0 Å². The van der Waals surface area contributed by atoms with Gasteiger partial charge < -0.3 is 14.5 Å². The van der Waals surface area contributed by atoms with Crippen LogP contribution in [-0.2, 0) is 0 Å². The Morgan fingerprint density at radius 2 is 0.688 bits per heavy atom. The average Bonchev–Trinajstić information content (AvgIpc) is 4.09. The van der Waals surface area contributed by atoms with E-state index in [0.29, 0.717) is 12.4 Å². The number of para-hydroxylation sites is 6. The normalized spacial score (nSPS) is 13.1. The van der Waals surface area contributed by atoms with Crippen molar-refractivity contribution in [1.82, 2.24) is 33.6 Å². The number of fused-ring (bicyclic) bond motifs is 12. The average molecular weight is 820 g/mol. The van der Waals surface area contributed by atoms with Crippen LogP contribution in [0.1, 0.15) is 5.82 Å². The Morgan fingerprint density at radius 3 is 1.06 bits per heavy atom. The molecule has 7 heteroatoms. The summed E-state index contributed by atoms with van der Waals surface area (Å²) in [6.45, 7) is 0.705. The van der Waals surface area contributed by atoms with Crippen LogP contribution in [0.4, 0.5) is 0 Å². The van der Waals surface area contributed by atoms with E-state index in [4.69, 9.17) is 9.97 Å². The summed E-state index contributed by atoms with van der Waals surface area (Å²) in [5.41, 5.74) is 12.3. The fourth-order valence-electron chi connectivity index (χ4n) is 10.5. The van der Waals surface area contributed by atoms with Crippen LogP contribution >= 0.6 is 0 Å². The summed E-state index contributed by atoms with van der Waals surface area (Å²) >= 11 is 0. The zero-order chi connectivity index (χ0) is 41.9. The summed E-state index contributed by atoms with van der Waals surface area (Å²) < 4.78 is 9.41. The highest BCUT2D eigenvalue weighted by atomic mass is 15.1. The summed E-state index contributed by atoms with van der Waals surface area (Å²) in [4.78, 5) is 10.8. The van der Waals surface area contributed by atoms with E-state index in [2.05, 4.69) is 224 Å². The van der Waals surface area contributed by atoms with Crippen LogP contribution in [0.15, 0.2) is 206 Å². The molecule has 0 amide bonds. The third kappa shape index (κ3) is 4.97. The predicted molar refractivity (Wildman–Crippen MR) is 265 cm³/mol. The van der Waals surface area contributed by atoms with Crippen LogP contribution in [0.5, 0.6) is 0 Å². The van der Waals surface area contributed by atoms with Gasteiger partial charge in [-0.1, -0.05) is 115 Å². The number of benzene rings is 8. The van der Waals surface area contributed by atoms with Crippen LogP contribution in [0, 0.1) is 0 Å². The van der Waals surface area contributed by atoms with Crippen LogP contribution in [0.25, 0.3) is 116 Å². The first-order chi connectivity index (χ1) is 31.8. The van der Waals surface area contributed by atoms with Crippen molar-refractivity contribution in [2.24, 2.45) is 0 Å². The second kappa shape index (κ2) is 13.4. The van der Waals surface area contributed by atoms with E-state index in [1.54, 1.807) is 0 Å². The molecule has 0 atom stereocenters. The van der Waals surface area contributed by atoms with Gasteiger partial charge in [0.1, 0.15) is 11.6 Å². The van der Waals surface area contributed by atoms with Gasteiger partial charge in [0.25, 0.3) is 0 Å². The van der Waals surface area contributed by atoms with Gasteiger partial charge in [0, 0.05) is 72.6 Å². The molecule has 7 nitrogen and oxygen atoms in total. The number of nitrogens with zero attached hydrogens (tertiary/aromatic N) is 6. The third-order valence-corrected chi connectivity index (χ3v) is 13.2. The van der Waals surface area contributed by atoms with E-state index in [9.17, 15) is 0 Å². The van der Waals surface area contributed by atoms with E-state index >= 15 is 0 Å². The fourth-order valence-corrected chi connectivity index (χ4v) is 10.5. The Labute approximate surface area is 366 Å². The number of allylic oxidation sites excluding steroid dienone is 2. The van der Waals surface area contributed by atoms with Crippen LogP contribution in [-0.4, -0.2) is 34.8 Å². The Kier molecular flexibility index (Phi) is 7.33. The van der Waals surface area contributed by atoms with Crippen molar-refractivity contribution in [3.63, 3.8) is 0 Å². The van der Waals surface area contributed by atoms with Crippen molar-refractivity contribution >= 4 is 92.8 Å². The van der Waals surface area contributed by atoms with Crippen molar-refractivity contribution in [3.05, 3.63) is 212 Å². The maximum atomic E-state index is 5.41. The van der Waals surface area contributed by atoms with Gasteiger partial charge in [-0.05, 0) is 85.1 Å². The molecule has 0 spiro atoms. The Balaban J connectivity index is 1.01. The minimum Gasteiger partial charge on any atom is -0.387 e. The zero-order valence-electron chi connectivity index (χ0n) is 34.5. The van der Waals surface area contributed by atoms with Crippen molar-refractivity contribution in [3.8, 4) is 23.0 Å². The van der Waals surface area contributed by atoms with Gasteiger partial charge in [0.15, 0.2) is 5.82 Å². The van der Waals surface area contributed by atoms with E-state index in [-0.39, 0.29) is 0 Å². The Bertz CT molecular complexity index is 3800. The maximum Gasteiger partial charge on any atom is 0.163 e. The van der Waals surface area contributed by atoms with Crippen LogP contribution in [0.2, 0.25) is 0 Å². The predicted octanol–water partition coefficient (Wildman–Crippen LogP) is 13.4. The van der Waals surface area contributed by atoms with Gasteiger partial charge in [-0.2, -0.15) is 0 Å². The highest BCUT2D eigenvalue weighted by Gasteiger charge is 2.22. The molecule has 0 saturated heterocycles. The molecular formula is C57H37N7. The van der Waals surface area contributed by atoms with Gasteiger partial charge in [-0.25, -0.2) is 9.97 Å². The molecule has 13 aromatic rings. The lowest BCUT2D eigenvalue weighted by atomic mass is 10.1. The van der Waals surface area contributed by atoms with E-state index in [0.717, 1.165) is 72.2 Å².